The molecular formula is C26H30FN7O2. The average Bonchev–Trinajstić information content (AvgIpc) is 2.92. The van der Waals surface area contributed by atoms with Gasteiger partial charge in [0.15, 0.2) is 11.8 Å². The molecule has 3 N–H and O–H groups in total. The number of nitrogens with zero attached hydrogens (tertiary/aromatic N) is 5. The van der Waals surface area contributed by atoms with Gasteiger partial charge in [-0.2, -0.15) is 4.99 Å². The van der Waals surface area contributed by atoms with E-state index in [0.29, 0.717) is 42.4 Å². The maximum absolute atomic E-state index is 15.0. The Labute approximate surface area is 209 Å². The number of morpholine rings is 2. The van der Waals surface area contributed by atoms with Crippen molar-refractivity contribution in [2.24, 2.45) is 10.7 Å². The molecule has 2 aromatic carbocycles. The second-order valence-electron chi connectivity index (χ2n) is 8.69. The number of ether oxygens (including phenoxy) is 2. The van der Waals surface area contributed by atoms with E-state index in [9.17, 15) is 4.39 Å². The van der Waals surface area contributed by atoms with Gasteiger partial charge in [0.05, 0.1) is 26.4 Å². The molecule has 3 aromatic rings. The highest BCUT2D eigenvalue weighted by Crippen LogP contribution is 2.28. The normalized spacial score (nSPS) is 17.2. The van der Waals surface area contributed by atoms with Gasteiger partial charge in [-0.3, -0.25) is 9.88 Å². The van der Waals surface area contributed by atoms with Gasteiger partial charge in [-0.05, 0) is 30.3 Å². The summed E-state index contributed by atoms with van der Waals surface area (Å²) >= 11 is 0. The summed E-state index contributed by atoms with van der Waals surface area (Å²) in [6.07, 6.45) is 3.10. The number of anilines is 2. The van der Waals surface area contributed by atoms with Crippen LogP contribution in [0, 0.1) is 5.82 Å². The largest absolute Gasteiger partial charge is 0.379 e. The minimum atomic E-state index is -0.286. The van der Waals surface area contributed by atoms with E-state index < -0.39 is 0 Å². The lowest BCUT2D eigenvalue weighted by Gasteiger charge is -2.28. The smallest absolute Gasteiger partial charge is 0.199 e. The predicted molar refractivity (Wildman–Crippen MR) is 138 cm³/mol. The fourth-order valence-electron chi connectivity index (χ4n) is 4.31. The Hall–Kier alpha value is -3.60. The van der Waals surface area contributed by atoms with Gasteiger partial charge in [0.2, 0.25) is 0 Å². The standard InChI is InChI=1S/C26H30FN7O2/c27-23-17-19(1-2-20(23)18-33-9-13-35-14-10-33)24-25(30-8-7-29-24)32-26(28)31-21-3-5-22(6-4-21)34-11-15-36-16-12-34/h1-8,17H,9-16,18H2,(H3,28,30,31,32). The highest BCUT2D eigenvalue weighted by Gasteiger charge is 2.16. The van der Waals surface area contributed by atoms with Crippen molar-refractivity contribution in [2.75, 3.05) is 62.8 Å². The van der Waals surface area contributed by atoms with Crippen molar-refractivity contribution in [2.45, 2.75) is 6.54 Å². The first kappa shape index (κ1) is 24.1. The monoisotopic (exact) mass is 491 g/mol. The lowest BCUT2D eigenvalue weighted by Crippen LogP contribution is -2.36. The lowest BCUT2D eigenvalue weighted by molar-refractivity contribution is 0.0337. The molecule has 0 amide bonds. The van der Waals surface area contributed by atoms with Crippen LogP contribution in [0.5, 0.6) is 0 Å². The van der Waals surface area contributed by atoms with Crippen LogP contribution in [0.1, 0.15) is 5.56 Å². The lowest BCUT2D eigenvalue weighted by atomic mass is 10.1. The Bertz CT molecular complexity index is 1190. The molecule has 2 aliphatic rings. The number of aliphatic imine (C=N–C) groups is 1. The van der Waals surface area contributed by atoms with Crippen molar-refractivity contribution in [3.8, 4) is 11.3 Å². The zero-order valence-corrected chi connectivity index (χ0v) is 20.1. The summed E-state index contributed by atoms with van der Waals surface area (Å²) in [5, 5.41) is 3.09. The molecule has 0 radical (unpaired) electrons. The molecule has 0 atom stereocenters. The quantitative estimate of drug-likeness (QED) is 0.401. The highest BCUT2D eigenvalue weighted by atomic mass is 19.1. The van der Waals surface area contributed by atoms with Gasteiger partial charge in [-0.25, -0.2) is 9.37 Å². The molecule has 2 fully saturated rings. The van der Waals surface area contributed by atoms with Gasteiger partial charge < -0.3 is 25.4 Å². The topological polar surface area (TPSA) is 101 Å². The van der Waals surface area contributed by atoms with Gasteiger partial charge in [-0.1, -0.05) is 12.1 Å². The Kier molecular flexibility index (Phi) is 7.65. The zero-order valence-electron chi connectivity index (χ0n) is 20.1. The molecule has 2 saturated heterocycles. The molecule has 0 aliphatic carbocycles. The number of hydrogen-bond donors (Lipinski definition) is 2. The summed E-state index contributed by atoms with van der Waals surface area (Å²) in [4.78, 5) is 17.6. The van der Waals surface area contributed by atoms with Gasteiger partial charge in [-0.15, -0.1) is 0 Å². The Morgan fingerprint density at radius 3 is 2.36 bits per heavy atom. The van der Waals surface area contributed by atoms with Crippen LogP contribution in [-0.4, -0.2) is 73.4 Å². The molecule has 5 rings (SSSR count). The summed E-state index contributed by atoms with van der Waals surface area (Å²) in [5.41, 5.74) is 9.80. The maximum Gasteiger partial charge on any atom is 0.199 e. The van der Waals surface area contributed by atoms with Crippen LogP contribution in [-0.2, 0) is 16.0 Å². The van der Waals surface area contributed by atoms with Crippen molar-refractivity contribution in [1.82, 2.24) is 14.9 Å². The number of nitrogens with one attached hydrogen (secondary N) is 1. The van der Waals surface area contributed by atoms with E-state index >= 15 is 0 Å². The molecule has 0 unspecified atom stereocenters. The molecule has 0 saturated carbocycles. The molecule has 10 heteroatoms. The average molecular weight is 492 g/mol. The summed E-state index contributed by atoms with van der Waals surface area (Å²) in [6.45, 7) is 6.71. The van der Waals surface area contributed by atoms with Crippen LogP contribution in [0.3, 0.4) is 0 Å². The van der Waals surface area contributed by atoms with Gasteiger partial charge in [0, 0.05) is 67.6 Å². The van der Waals surface area contributed by atoms with Gasteiger partial charge in [0.1, 0.15) is 11.5 Å². The fraction of sp³-hybridized carbons (Fsp3) is 0.346. The van der Waals surface area contributed by atoms with E-state index in [1.165, 1.54) is 12.3 Å². The molecule has 0 bridgehead atoms. The number of hydrogen-bond acceptors (Lipinski definition) is 7. The van der Waals surface area contributed by atoms with Crippen molar-refractivity contribution >= 4 is 23.2 Å². The highest BCUT2D eigenvalue weighted by molar-refractivity contribution is 5.94. The summed E-state index contributed by atoms with van der Waals surface area (Å²) in [5.74, 6) is 0.194. The summed E-state index contributed by atoms with van der Waals surface area (Å²) in [6, 6.07) is 13.1. The summed E-state index contributed by atoms with van der Waals surface area (Å²) in [7, 11) is 0. The third-order valence-electron chi connectivity index (χ3n) is 6.25. The SMILES string of the molecule is NC(=Nc1nccnc1-c1ccc(CN2CCOCC2)c(F)c1)Nc1ccc(N2CCOCC2)cc1. The second-order valence-corrected chi connectivity index (χ2v) is 8.69. The van der Waals surface area contributed by atoms with Crippen LogP contribution in [0.25, 0.3) is 11.3 Å². The van der Waals surface area contributed by atoms with E-state index in [-0.39, 0.29) is 11.8 Å². The van der Waals surface area contributed by atoms with E-state index in [0.717, 1.165) is 50.8 Å². The maximum atomic E-state index is 15.0. The number of halogens is 1. The number of benzene rings is 2. The first-order chi connectivity index (χ1) is 17.7. The molecule has 2 aliphatic heterocycles. The van der Waals surface area contributed by atoms with Crippen LogP contribution in [0.4, 0.5) is 21.6 Å². The molecule has 188 valence electrons. The minimum Gasteiger partial charge on any atom is -0.379 e. The number of guanidine groups is 1. The van der Waals surface area contributed by atoms with E-state index in [4.69, 9.17) is 15.2 Å². The Morgan fingerprint density at radius 2 is 1.64 bits per heavy atom. The molecule has 0 spiro atoms. The van der Waals surface area contributed by atoms with Crippen molar-refractivity contribution in [3.05, 3.63) is 66.2 Å². The third-order valence-corrected chi connectivity index (χ3v) is 6.25. The minimum absolute atomic E-state index is 0.167. The van der Waals surface area contributed by atoms with Crippen LogP contribution in [0.2, 0.25) is 0 Å². The van der Waals surface area contributed by atoms with Gasteiger partial charge >= 0.3 is 0 Å². The van der Waals surface area contributed by atoms with E-state index in [1.54, 1.807) is 12.3 Å². The fourth-order valence-corrected chi connectivity index (χ4v) is 4.31. The number of aromatic nitrogens is 2. The molecule has 3 heterocycles. The molecule has 1 aromatic heterocycles. The first-order valence-corrected chi connectivity index (χ1v) is 12.1. The molecule has 9 nitrogen and oxygen atoms in total. The first-order valence-electron chi connectivity index (χ1n) is 12.1. The predicted octanol–water partition coefficient (Wildman–Crippen LogP) is 3.01. The van der Waals surface area contributed by atoms with Crippen LogP contribution in [0.15, 0.2) is 59.9 Å². The second kappa shape index (κ2) is 11.4. The van der Waals surface area contributed by atoms with Crippen molar-refractivity contribution < 1.29 is 13.9 Å². The van der Waals surface area contributed by atoms with Gasteiger partial charge in [0.25, 0.3) is 0 Å². The third kappa shape index (κ3) is 5.96. The molecular weight excluding hydrogens is 461 g/mol. The van der Waals surface area contributed by atoms with Crippen molar-refractivity contribution in [1.29, 1.82) is 0 Å². The Balaban J connectivity index is 1.29. The summed E-state index contributed by atoms with van der Waals surface area (Å²) < 4.78 is 25.7. The van der Waals surface area contributed by atoms with Crippen LogP contribution < -0.4 is 16.0 Å². The van der Waals surface area contributed by atoms with E-state index in [1.807, 2.05) is 30.3 Å². The Morgan fingerprint density at radius 1 is 0.944 bits per heavy atom. The number of nitrogens with two attached hydrogens (primary N) is 1. The van der Waals surface area contributed by atoms with E-state index in [2.05, 4.69) is 30.1 Å². The number of rotatable bonds is 6. The molecule has 36 heavy (non-hydrogen) atoms. The van der Waals surface area contributed by atoms with Crippen molar-refractivity contribution in [3.63, 3.8) is 0 Å². The zero-order chi connectivity index (χ0) is 24.7. The van der Waals surface area contributed by atoms with Crippen LogP contribution >= 0.6 is 0 Å².